The molecule has 156 valence electrons. The predicted octanol–water partition coefficient (Wildman–Crippen LogP) is 3.29. The molecule has 12 heteroatoms. The molecule has 1 heterocycles. The van der Waals surface area contributed by atoms with Crippen LogP contribution >= 0.6 is 23.1 Å². The van der Waals surface area contributed by atoms with Crippen LogP contribution in [0.5, 0.6) is 0 Å². The highest BCUT2D eigenvalue weighted by Gasteiger charge is 2.28. The predicted molar refractivity (Wildman–Crippen MR) is 101 cm³/mol. The van der Waals surface area contributed by atoms with Crippen LogP contribution in [0, 0.1) is 6.92 Å². The molecule has 0 aliphatic carbocycles. The summed E-state index contributed by atoms with van der Waals surface area (Å²) in [5, 5.41) is 5.96. The molecule has 0 atom stereocenters. The van der Waals surface area contributed by atoms with Crippen molar-refractivity contribution in [3.05, 3.63) is 45.9 Å². The molecule has 0 radical (unpaired) electrons. The minimum Gasteiger partial charge on any atom is -0.452 e. The number of aromatic nitrogens is 1. The maximum absolute atomic E-state index is 12.2. The van der Waals surface area contributed by atoms with Gasteiger partial charge in [0, 0.05) is 16.0 Å². The van der Waals surface area contributed by atoms with Gasteiger partial charge >= 0.3 is 18.2 Å². The minimum absolute atomic E-state index is 0.221. The third kappa shape index (κ3) is 8.11. The summed E-state index contributed by atoms with van der Waals surface area (Å²) >= 11 is 2.88. The van der Waals surface area contributed by atoms with Crippen molar-refractivity contribution in [3.8, 4) is 0 Å². The summed E-state index contributed by atoms with van der Waals surface area (Å²) in [7, 11) is 0. The average molecular weight is 447 g/mol. The number of nitrogens with zero attached hydrogens (tertiary/aromatic N) is 1. The molecular formula is C17H16F3N3O4S2. The number of ether oxygens (including phenoxy) is 1. The zero-order valence-electron chi connectivity index (χ0n) is 15.0. The standard InChI is InChI=1S/C17H16F3N3O4S2/c1-10-22-11(7-28-10)8-29-13-5-3-2-4-12(13)15(25)27-6-14(24)23-16(26)21-9-17(18,19)20/h2-5,7H,6,8-9H2,1H3,(H2,21,23,24,26). The number of hydrogen-bond acceptors (Lipinski definition) is 7. The molecule has 2 rings (SSSR count). The zero-order valence-corrected chi connectivity index (χ0v) is 16.7. The molecule has 29 heavy (non-hydrogen) atoms. The van der Waals surface area contributed by atoms with Crippen LogP contribution in [-0.4, -0.2) is 42.2 Å². The fourth-order valence-corrected chi connectivity index (χ4v) is 3.63. The molecule has 7 nitrogen and oxygen atoms in total. The van der Waals surface area contributed by atoms with Crippen molar-refractivity contribution in [2.45, 2.75) is 23.7 Å². The third-order valence-corrected chi connectivity index (χ3v) is 5.12. The highest BCUT2D eigenvalue weighted by Crippen LogP contribution is 2.27. The van der Waals surface area contributed by atoms with E-state index in [4.69, 9.17) is 4.74 Å². The van der Waals surface area contributed by atoms with Crippen molar-refractivity contribution in [2.75, 3.05) is 13.2 Å². The normalized spacial score (nSPS) is 11.0. The molecule has 0 saturated heterocycles. The van der Waals surface area contributed by atoms with Gasteiger partial charge < -0.3 is 10.1 Å². The molecule has 0 fully saturated rings. The van der Waals surface area contributed by atoms with Crippen LogP contribution in [0.3, 0.4) is 0 Å². The zero-order chi connectivity index (χ0) is 21.4. The van der Waals surface area contributed by atoms with Gasteiger partial charge in [-0.05, 0) is 19.1 Å². The third-order valence-electron chi connectivity index (χ3n) is 3.19. The summed E-state index contributed by atoms with van der Waals surface area (Å²) in [6.45, 7) is -0.518. The molecular weight excluding hydrogens is 431 g/mol. The van der Waals surface area contributed by atoms with Gasteiger partial charge in [0.05, 0.1) is 16.3 Å². The Bertz CT molecular complexity index is 887. The molecule has 3 amide bonds. The summed E-state index contributed by atoms with van der Waals surface area (Å²) in [4.78, 5) is 40.0. The number of urea groups is 1. The van der Waals surface area contributed by atoms with Gasteiger partial charge in [0.15, 0.2) is 6.61 Å². The quantitative estimate of drug-likeness (QED) is 0.499. The number of carbonyl (C=O) groups excluding carboxylic acids is 3. The van der Waals surface area contributed by atoms with Crippen molar-refractivity contribution < 1.29 is 32.3 Å². The van der Waals surface area contributed by atoms with E-state index in [0.717, 1.165) is 10.7 Å². The molecule has 0 saturated carbocycles. The lowest BCUT2D eigenvalue weighted by Crippen LogP contribution is -2.44. The van der Waals surface area contributed by atoms with E-state index >= 15 is 0 Å². The van der Waals surface area contributed by atoms with Crippen LogP contribution in [0.25, 0.3) is 0 Å². The second-order valence-electron chi connectivity index (χ2n) is 5.56. The number of alkyl halides is 3. The van der Waals surface area contributed by atoms with Crippen molar-refractivity contribution in [2.24, 2.45) is 0 Å². The fourth-order valence-electron chi connectivity index (χ4n) is 1.98. The van der Waals surface area contributed by atoms with Crippen molar-refractivity contribution in [1.29, 1.82) is 0 Å². The molecule has 0 spiro atoms. The van der Waals surface area contributed by atoms with E-state index < -0.39 is 37.2 Å². The lowest BCUT2D eigenvalue weighted by atomic mass is 10.2. The fraction of sp³-hybridized carbons (Fsp3) is 0.294. The Morgan fingerprint density at radius 3 is 2.62 bits per heavy atom. The van der Waals surface area contributed by atoms with Crippen LogP contribution in [0.1, 0.15) is 21.1 Å². The Labute approximate surface area is 172 Å². The first-order valence-electron chi connectivity index (χ1n) is 8.08. The summed E-state index contributed by atoms with van der Waals surface area (Å²) < 4.78 is 40.9. The molecule has 1 aromatic carbocycles. The van der Waals surface area contributed by atoms with Gasteiger partial charge in [-0.25, -0.2) is 14.6 Å². The number of imide groups is 1. The number of hydrogen-bond donors (Lipinski definition) is 2. The first-order chi connectivity index (χ1) is 13.6. The molecule has 0 unspecified atom stereocenters. The van der Waals surface area contributed by atoms with Gasteiger partial charge in [0.25, 0.3) is 5.91 Å². The van der Waals surface area contributed by atoms with Gasteiger partial charge in [-0.3, -0.25) is 10.1 Å². The molecule has 1 aromatic heterocycles. The SMILES string of the molecule is Cc1nc(CSc2ccccc2C(=O)OCC(=O)NC(=O)NCC(F)(F)F)cs1. The number of thioether (sulfide) groups is 1. The minimum atomic E-state index is -4.61. The first-order valence-corrected chi connectivity index (χ1v) is 9.95. The van der Waals surface area contributed by atoms with Crippen LogP contribution in [0.4, 0.5) is 18.0 Å². The summed E-state index contributed by atoms with van der Waals surface area (Å²) in [6.07, 6.45) is -4.61. The highest BCUT2D eigenvalue weighted by molar-refractivity contribution is 7.98. The van der Waals surface area contributed by atoms with Gasteiger partial charge in [0.1, 0.15) is 6.54 Å². The van der Waals surface area contributed by atoms with Crippen molar-refractivity contribution in [1.82, 2.24) is 15.6 Å². The molecule has 0 aliphatic heterocycles. The van der Waals surface area contributed by atoms with Gasteiger partial charge in [-0.1, -0.05) is 12.1 Å². The molecule has 2 N–H and O–H groups in total. The van der Waals surface area contributed by atoms with Gasteiger partial charge in [-0.15, -0.1) is 23.1 Å². The largest absolute Gasteiger partial charge is 0.452 e. The molecule has 0 aliphatic rings. The number of aryl methyl sites for hydroxylation is 1. The topological polar surface area (TPSA) is 97.4 Å². The summed E-state index contributed by atoms with van der Waals surface area (Å²) in [6, 6.07) is 5.26. The maximum atomic E-state index is 12.2. The van der Waals surface area contributed by atoms with E-state index in [2.05, 4.69) is 4.98 Å². The molecule has 0 bridgehead atoms. The van der Waals surface area contributed by atoms with E-state index in [-0.39, 0.29) is 5.56 Å². The summed E-state index contributed by atoms with van der Waals surface area (Å²) in [5.41, 5.74) is 1.09. The lowest BCUT2D eigenvalue weighted by Gasteiger charge is -2.10. The number of rotatable bonds is 7. The van der Waals surface area contributed by atoms with Crippen LogP contribution in [0.2, 0.25) is 0 Å². The lowest BCUT2D eigenvalue weighted by molar-refractivity contribution is -0.125. The number of amides is 3. The Kier molecular flexibility index (Phi) is 8.02. The highest BCUT2D eigenvalue weighted by atomic mass is 32.2. The Hall–Kier alpha value is -2.60. The van der Waals surface area contributed by atoms with E-state index in [1.165, 1.54) is 34.5 Å². The smallest absolute Gasteiger partial charge is 0.405 e. The Balaban J connectivity index is 1.85. The van der Waals surface area contributed by atoms with Crippen LogP contribution in [0.15, 0.2) is 34.5 Å². The number of carbonyl (C=O) groups is 3. The van der Waals surface area contributed by atoms with E-state index in [0.29, 0.717) is 10.6 Å². The number of nitrogens with one attached hydrogen (secondary N) is 2. The first kappa shape index (κ1) is 22.7. The second-order valence-corrected chi connectivity index (χ2v) is 7.64. The van der Waals surface area contributed by atoms with E-state index in [1.54, 1.807) is 23.5 Å². The van der Waals surface area contributed by atoms with Crippen molar-refractivity contribution >= 4 is 41.0 Å². The van der Waals surface area contributed by atoms with Crippen LogP contribution < -0.4 is 10.6 Å². The number of benzene rings is 1. The van der Waals surface area contributed by atoms with Gasteiger partial charge in [0.2, 0.25) is 0 Å². The number of esters is 1. The van der Waals surface area contributed by atoms with E-state index in [1.807, 2.05) is 12.3 Å². The second kappa shape index (κ2) is 10.3. The monoisotopic (exact) mass is 447 g/mol. The Morgan fingerprint density at radius 2 is 1.97 bits per heavy atom. The average Bonchev–Trinajstić information content (AvgIpc) is 3.08. The Morgan fingerprint density at radius 1 is 1.24 bits per heavy atom. The maximum Gasteiger partial charge on any atom is 0.405 e. The van der Waals surface area contributed by atoms with Crippen LogP contribution in [-0.2, 0) is 15.3 Å². The number of halogens is 3. The van der Waals surface area contributed by atoms with Gasteiger partial charge in [-0.2, -0.15) is 13.2 Å². The molecule has 2 aromatic rings. The number of thiazole rings is 1. The van der Waals surface area contributed by atoms with Crippen molar-refractivity contribution in [3.63, 3.8) is 0 Å². The summed E-state index contributed by atoms with van der Waals surface area (Å²) in [5.74, 6) is -1.32. The van der Waals surface area contributed by atoms with E-state index in [9.17, 15) is 27.6 Å².